The first-order valence-corrected chi connectivity index (χ1v) is 11.2. The fourth-order valence-corrected chi connectivity index (χ4v) is 3.99. The number of hydrogen-bond acceptors (Lipinski definition) is 5. The summed E-state index contributed by atoms with van der Waals surface area (Å²) < 4.78 is 35.4. The van der Waals surface area contributed by atoms with E-state index < -0.39 is 9.84 Å². The van der Waals surface area contributed by atoms with Crippen molar-refractivity contribution in [3.05, 3.63) is 54.7 Å². The molecule has 7 heteroatoms. The number of aromatic nitrogens is 2. The standard InChI is InChI=1S/C21H22N2O4S/c1-28(24,25)20-8-6-17(7-9-20)27-19-13-15(21-10-11-22-23-21)12-18(14-19)26-16-4-2-3-5-16/h6-14,16H,2-5H2,1H3,(H,22,23). The molecular formula is C21H22N2O4S. The predicted octanol–water partition coefficient (Wildman–Crippen LogP) is 4.59. The molecule has 1 aliphatic rings. The Morgan fingerprint density at radius 2 is 1.68 bits per heavy atom. The van der Waals surface area contributed by atoms with Crippen molar-refractivity contribution >= 4 is 9.84 Å². The molecule has 1 N–H and O–H groups in total. The molecule has 146 valence electrons. The molecule has 1 aliphatic carbocycles. The molecule has 1 fully saturated rings. The van der Waals surface area contributed by atoms with Crippen molar-refractivity contribution in [2.75, 3.05) is 6.26 Å². The van der Waals surface area contributed by atoms with E-state index in [9.17, 15) is 8.42 Å². The summed E-state index contributed by atoms with van der Waals surface area (Å²) in [4.78, 5) is 0.260. The van der Waals surface area contributed by atoms with E-state index in [4.69, 9.17) is 9.47 Å². The van der Waals surface area contributed by atoms with Crippen molar-refractivity contribution in [3.63, 3.8) is 0 Å². The highest BCUT2D eigenvalue weighted by molar-refractivity contribution is 7.90. The molecule has 0 spiro atoms. The van der Waals surface area contributed by atoms with Crippen LogP contribution in [0.3, 0.4) is 0 Å². The number of hydrogen-bond donors (Lipinski definition) is 1. The lowest BCUT2D eigenvalue weighted by molar-refractivity contribution is 0.209. The zero-order chi connectivity index (χ0) is 19.6. The number of rotatable bonds is 6. The molecule has 3 aromatic rings. The number of benzene rings is 2. The van der Waals surface area contributed by atoms with E-state index in [2.05, 4.69) is 10.2 Å². The summed E-state index contributed by atoms with van der Waals surface area (Å²) in [6.45, 7) is 0. The lowest BCUT2D eigenvalue weighted by atomic mass is 10.1. The molecule has 0 atom stereocenters. The third-order valence-corrected chi connectivity index (χ3v) is 5.91. The van der Waals surface area contributed by atoms with Crippen molar-refractivity contribution in [1.82, 2.24) is 10.2 Å². The fraction of sp³-hybridized carbons (Fsp3) is 0.286. The average molecular weight is 398 g/mol. The second kappa shape index (κ2) is 7.67. The molecule has 0 aliphatic heterocycles. The number of sulfone groups is 1. The van der Waals surface area contributed by atoms with Crippen LogP contribution in [-0.2, 0) is 9.84 Å². The third kappa shape index (κ3) is 4.36. The van der Waals surface area contributed by atoms with Crippen molar-refractivity contribution in [3.8, 4) is 28.5 Å². The van der Waals surface area contributed by atoms with Gasteiger partial charge in [-0.05, 0) is 68.1 Å². The third-order valence-electron chi connectivity index (χ3n) is 4.78. The highest BCUT2D eigenvalue weighted by Gasteiger charge is 2.18. The molecule has 28 heavy (non-hydrogen) atoms. The van der Waals surface area contributed by atoms with Gasteiger partial charge in [-0.2, -0.15) is 5.10 Å². The van der Waals surface area contributed by atoms with Gasteiger partial charge in [0.05, 0.1) is 16.7 Å². The lowest BCUT2D eigenvalue weighted by Crippen LogP contribution is -2.10. The maximum atomic E-state index is 11.6. The first-order valence-electron chi connectivity index (χ1n) is 9.27. The molecule has 2 aromatic carbocycles. The van der Waals surface area contributed by atoms with Crippen LogP contribution in [0.15, 0.2) is 59.6 Å². The van der Waals surface area contributed by atoms with Crippen LogP contribution in [0.2, 0.25) is 0 Å². The summed E-state index contributed by atoms with van der Waals surface area (Å²) in [7, 11) is -3.24. The van der Waals surface area contributed by atoms with Crippen LogP contribution in [0.1, 0.15) is 25.7 Å². The average Bonchev–Trinajstić information content (AvgIpc) is 3.35. The van der Waals surface area contributed by atoms with Gasteiger partial charge in [0.2, 0.25) is 0 Å². The van der Waals surface area contributed by atoms with Gasteiger partial charge >= 0.3 is 0 Å². The van der Waals surface area contributed by atoms with Gasteiger partial charge in [0.15, 0.2) is 9.84 Å². The van der Waals surface area contributed by atoms with Crippen LogP contribution < -0.4 is 9.47 Å². The van der Waals surface area contributed by atoms with Gasteiger partial charge in [-0.1, -0.05) is 0 Å². The quantitative estimate of drug-likeness (QED) is 0.657. The Morgan fingerprint density at radius 3 is 2.32 bits per heavy atom. The molecule has 1 heterocycles. The van der Waals surface area contributed by atoms with Gasteiger partial charge in [0.25, 0.3) is 0 Å². The number of nitrogens with one attached hydrogen (secondary N) is 1. The number of nitrogens with zero attached hydrogens (tertiary/aromatic N) is 1. The van der Waals surface area contributed by atoms with E-state index in [0.717, 1.165) is 29.8 Å². The van der Waals surface area contributed by atoms with Crippen LogP contribution in [0.4, 0.5) is 0 Å². The Labute approximate surface area is 164 Å². The van der Waals surface area contributed by atoms with Crippen molar-refractivity contribution in [2.45, 2.75) is 36.7 Å². The SMILES string of the molecule is CS(=O)(=O)c1ccc(Oc2cc(OC3CCCC3)cc(-c3ccn[nH]3)c2)cc1. The zero-order valence-corrected chi connectivity index (χ0v) is 16.4. The minimum atomic E-state index is -3.24. The summed E-state index contributed by atoms with van der Waals surface area (Å²) >= 11 is 0. The summed E-state index contributed by atoms with van der Waals surface area (Å²) in [6.07, 6.45) is 7.64. The Bertz CT molecular complexity index is 1040. The Balaban J connectivity index is 1.62. The smallest absolute Gasteiger partial charge is 0.175 e. The van der Waals surface area contributed by atoms with Gasteiger partial charge in [-0.25, -0.2) is 8.42 Å². The Kier molecular flexibility index (Phi) is 5.09. The molecule has 1 aromatic heterocycles. The molecule has 0 saturated heterocycles. The molecule has 0 bridgehead atoms. The van der Waals surface area contributed by atoms with Crippen LogP contribution in [0, 0.1) is 0 Å². The summed E-state index contributed by atoms with van der Waals surface area (Å²) in [5.74, 6) is 1.93. The topological polar surface area (TPSA) is 81.3 Å². The zero-order valence-electron chi connectivity index (χ0n) is 15.6. The molecule has 0 radical (unpaired) electrons. The fourth-order valence-electron chi connectivity index (χ4n) is 3.36. The molecular weight excluding hydrogens is 376 g/mol. The largest absolute Gasteiger partial charge is 0.490 e. The number of ether oxygens (including phenoxy) is 2. The highest BCUT2D eigenvalue weighted by Crippen LogP contribution is 2.34. The Morgan fingerprint density at radius 1 is 0.964 bits per heavy atom. The van der Waals surface area contributed by atoms with Gasteiger partial charge in [0.1, 0.15) is 17.2 Å². The van der Waals surface area contributed by atoms with Gasteiger partial charge in [0, 0.05) is 24.1 Å². The van der Waals surface area contributed by atoms with E-state index in [0.29, 0.717) is 11.5 Å². The van der Waals surface area contributed by atoms with E-state index >= 15 is 0 Å². The van der Waals surface area contributed by atoms with Crippen molar-refractivity contribution < 1.29 is 17.9 Å². The van der Waals surface area contributed by atoms with Crippen LogP contribution in [0.25, 0.3) is 11.3 Å². The molecule has 4 rings (SSSR count). The summed E-state index contributed by atoms with van der Waals surface area (Å²) in [5, 5.41) is 6.98. The number of aromatic amines is 1. The first-order chi connectivity index (χ1) is 13.5. The van der Waals surface area contributed by atoms with E-state index in [1.165, 1.54) is 19.1 Å². The second-order valence-corrected chi connectivity index (χ2v) is 9.05. The van der Waals surface area contributed by atoms with Crippen LogP contribution >= 0.6 is 0 Å². The lowest BCUT2D eigenvalue weighted by Gasteiger charge is -2.16. The maximum absolute atomic E-state index is 11.6. The maximum Gasteiger partial charge on any atom is 0.175 e. The Hall–Kier alpha value is -2.80. The molecule has 1 saturated carbocycles. The van der Waals surface area contributed by atoms with E-state index in [1.807, 2.05) is 24.3 Å². The molecule has 6 nitrogen and oxygen atoms in total. The normalized spacial score (nSPS) is 14.9. The minimum Gasteiger partial charge on any atom is -0.490 e. The number of H-pyrrole nitrogens is 1. The minimum absolute atomic E-state index is 0.235. The van der Waals surface area contributed by atoms with Crippen LogP contribution in [-0.4, -0.2) is 31.0 Å². The van der Waals surface area contributed by atoms with Crippen molar-refractivity contribution in [2.24, 2.45) is 0 Å². The molecule has 0 amide bonds. The van der Waals surface area contributed by atoms with E-state index in [-0.39, 0.29) is 11.0 Å². The summed E-state index contributed by atoms with van der Waals surface area (Å²) in [6, 6.07) is 14.0. The van der Waals surface area contributed by atoms with Crippen molar-refractivity contribution in [1.29, 1.82) is 0 Å². The summed E-state index contributed by atoms with van der Waals surface area (Å²) in [5.41, 5.74) is 1.78. The first kappa shape index (κ1) is 18.6. The predicted molar refractivity (Wildman–Crippen MR) is 107 cm³/mol. The monoisotopic (exact) mass is 398 g/mol. The molecule has 0 unspecified atom stereocenters. The second-order valence-electron chi connectivity index (χ2n) is 7.03. The van der Waals surface area contributed by atoms with Gasteiger partial charge in [-0.3, -0.25) is 5.10 Å². The highest BCUT2D eigenvalue weighted by atomic mass is 32.2. The van der Waals surface area contributed by atoms with Gasteiger partial charge in [-0.15, -0.1) is 0 Å². The van der Waals surface area contributed by atoms with E-state index in [1.54, 1.807) is 30.5 Å². The van der Waals surface area contributed by atoms with Crippen LogP contribution in [0.5, 0.6) is 17.2 Å². The van der Waals surface area contributed by atoms with Gasteiger partial charge < -0.3 is 9.47 Å².